The van der Waals surface area contributed by atoms with Crippen molar-refractivity contribution < 1.29 is 0 Å². The highest BCUT2D eigenvalue weighted by Gasteiger charge is 1.78. The molecule has 0 aromatic heterocycles. The van der Waals surface area contributed by atoms with E-state index >= 15 is 0 Å². The molecule has 0 aliphatic heterocycles. The molecule has 0 radical (unpaired) electrons. The van der Waals surface area contributed by atoms with E-state index in [1.165, 1.54) is 11.5 Å². The standard InChI is InChI=1S/C8H15NS/c1-2-10-8-6-4-3-5-7-9/h3-5,7H,2,6,8-9H2,1H3/b4-3-,7-5-. The van der Waals surface area contributed by atoms with Crippen LogP contribution in [0.15, 0.2) is 24.4 Å². The number of hydrogen-bond acceptors (Lipinski definition) is 2. The van der Waals surface area contributed by atoms with Crippen LogP contribution in [0.25, 0.3) is 0 Å². The van der Waals surface area contributed by atoms with Gasteiger partial charge in [-0.05, 0) is 30.2 Å². The Bertz CT molecular complexity index is 108. The Labute approximate surface area is 67.4 Å². The van der Waals surface area contributed by atoms with Crippen LogP contribution in [0.4, 0.5) is 0 Å². The second-order valence-electron chi connectivity index (χ2n) is 1.80. The zero-order chi connectivity index (χ0) is 7.66. The largest absolute Gasteiger partial charge is 0.405 e. The van der Waals surface area contributed by atoms with E-state index in [0.29, 0.717) is 0 Å². The highest BCUT2D eigenvalue weighted by molar-refractivity contribution is 7.99. The summed E-state index contributed by atoms with van der Waals surface area (Å²) >= 11 is 1.96. The van der Waals surface area contributed by atoms with Crippen molar-refractivity contribution in [3.05, 3.63) is 24.4 Å². The van der Waals surface area contributed by atoms with Gasteiger partial charge in [-0.15, -0.1) is 0 Å². The van der Waals surface area contributed by atoms with Crippen LogP contribution in [0.2, 0.25) is 0 Å². The van der Waals surface area contributed by atoms with Crippen LogP contribution in [-0.4, -0.2) is 11.5 Å². The SMILES string of the molecule is CCSCC/C=C\C=C/N. The number of thioether (sulfide) groups is 1. The molecule has 1 nitrogen and oxygen atoms in total. The van der Waals surface area contributed by atoms with E-state index in [0.717, 1.165) is 6.42 Å². The Morgan fingerprint density at radius 3 is 2.80 bits per heavy atom. The first-order valence-electron chi connectivity index (χ1n) is 3.53. The van der Waals surface area contributed by atoms with E-state index in [1.807, 2.05) is 23.9 Å². The maximum absolute atomic E-state index is 5.13. The van der Waals surface area contributed by atoms with Crippen LogP contribution in [0.3, 0.4) is 0 Å². The Hall–Kier alpha value is -0.370. The molecule has 58 valence electrons. The van der Waals surface area contributed by atoms with Gasteiger partial charge < -0.3 is 5.73 Å². The molecular weight excluding hydrogens is 142 g/mol. The number of allylic oxidation sites excluding steroid dienone is 3. The van der Waals surface area contributed by atoms with Crippen LogP contribution in [0, 0.1) is 0 Å². The third-order valence-corrected chi connectivity index (χ3v) is 1.92. The predicted molar refractivity (Wildman–Crippen MR) is 50.1 cm³/mol. The highest BCUT2D eigenvalue weighted by atomic mass is 32.2. The summed E-state index contributed by atoms with van der Waals surface area (Å²) in [7, 11) is 0. The first-order valence-corrected chi connectivity index (χ1v) is 4.68. The Morgan fingerprint density at radius 1 is 1.40 bits per heavy atom. The monoisotopic (exact) mass is 157 g/mol. The minimum Gasteiger partial charge on any atom is -0.405 e. The summed E-state index contributed by atoms with van der Waals surface area (Å²) in [6, 6.07) is 0. The van der Waals surface area contributed by atoms with E-state index in [2.05, 4.69) is 13.0 Å². The third kappa shape index (κ3) is 7.63. The first-order chi connectivity index (χ1) is 4.91. The van der Waals surface area contributed by atoms with E-state index in [1.54, 1.807) is 6.20 Å². The molecule has 0 aromatic rings. The van der Waals surface area contributed by atoms with Crippen molar-refractivity contribution in [2.75, 3.05) is 11.5 Å². The van der Waals surface area contributed by atoms with Gasteiger partial charge in [-0.1, -0.05) is 19.1 Å². The summed E-state index contributed by atoms with van der Waals surface area (Å²) in [4.78, 5) is 0. The lowest BCUT2D eigenvalue weighted by Crippen LogP contribution is -1.76. The molecule has 0 fully saturated rings. The van der Waals surface area contributed by atoms with Gasteiger partial charge in [0.15, 0.2) is 0 Å². The van der Waals surface area contributed by atoms with Crippen LogP contribution in [0.1, 0.15) is 13.3 Å². The van der Waals surface area contributed by atoms with Crippen molar-refractivity contribution in [2.45, 2.75) is 13.3 Å². The van der Waals surface area contributed by atoms with Crippen molar-refractivity contribution in [3.8, 4) is 0 Å². The highest BCUT2D eigenvalue weighted by Crippen LogP contribution is 2.00. The lowest BCUT2D eigenvalue weighted by Gasteiger charge is -1.89. The molecule has 2 heteroatoms. The zero-order valence-electron chi connectivity index (χ0n) is 6.42. The van der Waals surface area contributed by atoms with Crippen molar-refractivity contribution in [1.29, 1.82) is 0 Å². The average Bonchev–Trinajstić information content (AvgIpc) is 1.97. The molecule has 0 bridgehead atoms. The molecule has 0 aliphatic rings. The second-order valence-corrected chi connectivity index (χ2v) is 3.19. The maximum atomic E-state index is 5.13. The fourth-order valence-corrected chi connectivity index (χ4v) is 1.13. The molecule has 0 aliphatic carbocycles. The normalized spacial score (nSPS) is 11.7. The van der Waals surface area contributed by atoms with Gasteiger partial charge in [0.25, 0.3) is 0 Å². The van der Waals surface area contributed by atoms with E-state index in [9.17, 15) is 0 Å². The Morgan fingerprint density at radius 2 is 2.20 bits per heavy atom. The van der Waals surface area contributed by atoms with Crippen LogP contribution >= 0.6 is 11.8 Å². The van der Waals surface area contributed by atoms with Gasteiger partial charge >= 0.3 is 0 Å². The maximum Gasteiger partial charge on any atom is -0.00329 e. The molecule has 0 aromatic carbocycles. The van der Waals surface area contributed by atoms with Gasteiger partial charge in [-0.25, -0.2) is 0 Å². The van der Waals surface area contributed by atoms with Crippen LogP contribution in [-0.2, 0) is 0 Å². The van der Waals surface area contributed by atoms with Gasteiger partial charge in [-0.3, -0.25) is 0 Å². The molecule has 0 spiro atoms. The van der Waals surface area contributed by atoms with Gasteiger partial charge in [0.1, 0.15) is 0 Å². The van der Waals surface area contributed by atoms with Crippen LogP contribution < -0.4 is 5.73 Å². The number of hydrogen-bond donors (Lipinski definition) is 1. The predicted octanol–water partition coefficient (Wildman–Crippen LogP) is 2.16. The van der Waals surface area contributed by atoms with Crippen LogP contribution in [0.5, 0.6) is 0 Å². The van der Waals surface area contributed by atoms with E-state index in [-0.39, 0.29) is 0 Å². The smallest absolute Gasteiger partial charge is 0.00329 e. The molecule has 0 amide bonds. The molecule has 0 atom stereocenters. The molecular formula is C8H15NS. The minimum absolute atomic E-state index is 1.14. The summed E-state index contributed by atoms with van der Waals surface area (Å²) in [5.74, 6) is 2.42. The zero-order valence-corrected chi connectivity index (χ0v) is 7.23. The van der Waals surface area contributed by atoms with Crippen molar-refractivity contribution in [1.82, 2.24) is 0 Å². The van der Waals surface area contributed by atoms with Crippen molar-refractivity contribution in [2.24, 2.45) is 5.73 Å². The average molecular weight is 157 g/mol. The lowest BCUT2D eigenvalue weighted by molar-refractivity contribution is 1.24. The fraction of sp³-hybridized carbons (Fsp3) is 0.500. The number of nitrogens with two attached hydrogens (primary N) is 1. The summed E-state index contributed by atoms with van der Waals surface area (Å²) in [6.07, 6.45) is 8.64. The number of rotatable bonds is 5. The molecule has 0 saturated heterocycles. The van der Waals surface area contributed by atoms with Gasteiger partial charge in [0.2, 0.25) is 0 Å². The molecule has 10 heavy (non-hydrogen) atoms. The second kappa shape index (κ2) is 8.63. The summed E-state index contributed by atoms with van der Waals surface area (Å²) < 4.78 is 0. The Balaban J connectivity index is 3.02. The van der Waals surface area contributed by atoms with Crippen molar-refractivity contribution >= 4 is 11.8 Å². The minimum atomic E-state index is 1.14. The lowest BCUT2D eigenvalue weighted by atomic mass is 10.4. The molecule has 2 N–H and O–H groups in total. The van der Waals surface area contributed by atoms with E-state index < -0.39 is 0 Å². The quantitative estimate of drug-likeness (QED) is 0.489. The third-order valence-electron chi connectivity index (χ3n) is 0.991. The van der Waals surface area contributed by atoms with E-state index in [4.69, 9.17) is 5.73 Å². The summed E-state index contributed by atoms with van der Waals surface area (Å²) in [5, 5.41) is 0. The topological polar surface area (TPSA) is 26.0 Å². The first kappa shape index (κ1) is 9.63. The molecule has 0 saturated carbocycles. The molecule has 0 heterocycles. The van der Waals surface area contributed by atoms with Gasteiger partial charge in [0, 0.05) is 0 Å². The molecule has 0 unspecified atom stereocenters. The summed E-state index contributed by atoms with van der Waals surface area (Å²) in [5.41, 5.74) is 5.13. The van der Waals surface area contributed by atoms with Gasteiger partial charge in [-0.2, -0.15) is 11.8 Å². The van der Waals surface area contributed by atoms with Crippen molar-refractivity contribution in [3.63, 3.8) is 0 Å². The molecule has 0 rings (SSSR count). The summed E-state index contributed by atoms with van der Waals surface area (Å²) in [6.45, 7) is 2.17. The Kier molecular flexibility index (Phi) is 8.31. The van der Waals surface area contributed by atoms with Gasteiger partial charge in [0.05, 0.1) is 0 Å². The fourth-order valence-electron chi connectivity index (χ4n) is 0.535.